The Kier molecular flexibility index (Phi) is 3.96. The maximum absolute atomic E-state index is 11.4. The largest absolute Gasteiger partial charge is 0.337 e. The van der Waals surface area contributed by atoms with Crippen molar-refractivity contribution in [2.24, 2.45) is 0 Å². The van der Waals surface area contributed by atoms with Gasteiger partial charge in [0.05, 0.1) is 17.7 Å². The summed E-state index contributed by atoms with van der Waals surface area (Å²) < 4.78 is 26.5. The first-order valence-electron chi connectivity index (χ1n) is 5.84. The lowest BCUT2D eigenvalue weighted by atomic mass is 10.4. The van der Waals surface area contributed by atoms with Gasteiger partial charge in [0.2, 0.25) is 0 Å². The summed E-state index contributed by atoms with van der Waals surface area (Å²) in [5.74, 6) is 0. The highest BCUT2D eigenvalue weighted by molar-refractivity contribution is 8.13. The van der Waals surface area contributed by atoms with E-state index in [1.54, 1.807) is 31.1 Å². The second-order valence-electron chi connectivity index (χ2n) is 4.31. The summed E-state index contributed by atoms with van der Waals surface area (Å²) in [5.41, 5.74) is 1.02. The summed E-state index contributed by atoms with van der Waals surface area (Å²) in [5, 5.41) is 4.22. The second kappa shape index (κ2) is 5.34. The second-order valence-corrected chi connectivity index (χ2v) is 6.82. The van der Waals surface area contributed by atoms with Crippen LogP contribution in [0, 0.1) is 13.8 Å². The van der Waals surface area contributed by atoms with Gasteiger partial charge in [0.1, 0.15) is 4.90 Å². The van der Waals surface area contributed by atoms with Crippen LogP contribution in [0.3, 0.4) is 0 Å². The fourth-order valence-electron chi connectivity index (χ4n) is 2.07. The molecule has 0 unspecified atom stereocenters. The molecule has 6 nitrogen and oxygen atoms in total. The van der Waals surface area contributed by atoms with Crippen LogP contribution in [0.2, 0.25) is 0 Å². The lowest BCUT2D eigenvalue weighted by Gasteiger charge is -2.05. The summed E-state index contributed by atoms with van der Waals surface area (Å²) in [6.45, 7) is 4.81. The smallest absolute Gasteiger partial charge is 0.264 e. The third kappa shape index (κ3) is 3.16. The zero-order valence-electron chi connectivity index (χ0n) is 10.7. The Hall–Kier alpha value is -1.34. The Bertz CT molecular complexity index is 661. The van der Waals surface area contributed by atoms with Crippen molar-refractivity contribution in [3.05, 3.63) is 30.1 Å². The minimum absolute atomic E-state index is 0.122. The molecule has 0 spiro atoms. The number of halogens is 1. The number of aryl methyl sites for hydroxylation is 3. The lowest BCUT2D eigenvalue weighted by molar-refractivity contribution is 0.515. The van der Waals surface area contributed by atoms with Crippen LogP contribution in [0.4, 0.5) is 0 Å². The molecule has 104 valence electrons. The first-order valence-corrected chi connectivity index (χ1v) is 8.15. The van der Waals surface area contributed by atoms with Crippen LogP contribution in [-0.2, 0) is 22.1 Å². The van der Waals surface area contributed by atoms with Gasteiger partial charge in [0.15, 0.2) is 0 Å². The van der Waals surface area contributed by atoms with E-state index in [1.807, 2.05) is 10.8 Å². The molecule has 2 rings (SSSR count). The Balaban J connectivity index is 2.10. The van der Waals surface area contributed by atoms with E-state index in [2.05, 4.69) is 10.1 Å². The van der Waals surface area contributed by atoms with Crippen LogP contribution in [0.5, 0.6) is 0 Å². The average molecular weight is 303 g/mol. The molecule has 2 aromatic heterocycles. The van der Waals surface area contributed by atoms with E-state index in [9.17, 15) is 8.42 Å². The fourth-order valence-corrected chi connectivity index (χ4v) is 3.59. The molecule has 0 N–H and O–H groups in total. The van der Waals surface area contributed by atoms with E-state index in [4.69, 9.17) is 10.7 Å². The lowest BCUT2D eigenvalue weighted by Crippen LogP contribution is -2.06. The highest BCUT2D eigenvalue weighted by atomic mass is 35.7. The summed E-state index contributed by atoms with van der Waals surface area (Å²) in [7, 11) is 1.67. The molecular weight excluding hydrogens is 288 g/mol. The van der Waals surface area contributed by atoms with Crippen molar-refractivity contribution in [1.82, 2.24) is 19.3 Å². The van der Waals surface area contributed by atoms with Gasteiger partial charge in [-0.3, -0.25) is 4.68 Å². The molecule has 0 saturated carbocycles. The molecule has 8 heteroatoms. The number of rotatable bonds is 5. The van der Waals surface area contributed by atoms with Gasteiger partial charge in [-0.05, 0) is 20.3 Å². The molecule has 0 fully saturated rings. The van der Waals surface area contributed by atoms with E-state index in [0.717, 1.165) is 13.0 Å². The van der Waals surface area contributed by atoms with Crippen molar-refractivity contribution >= 4 is 19.7 Å². The molecule has 0 atom stereocenters. The monoisotopic (exact) mass is 302 g/mol. The van der Waals surface area contributed by atoms with Gasteiger partial charge in [-0.1, -0.05) is 0 Å². The Morgan fingerprint density at radius 2 is 2.05 bits per heavy atom. The van der Waals surface area contributed by atoms with Crippen molar-refractivity contribution in [1.29, 1.82) is 0 Å². The standard InChI is InChI=1S/C11H15ClN4O2S/c1-9-11(19(12,17)18)10(2)16(14-9)6-3-5-15-7-4-13-8-15/h4,7-8H,3,5-6H2,1-2H3. The van der Waals surface area contributed by atoms with Gasteiger partial charge in [-0.15, -0.1) is 0 Å². The zero-order valence-corrected chi connectivity index (χ0v) is 12.3. The van der Waals surface area contributed by atoms with Gasteiger partial charge < -0.3 is 4.57 Å². The first kappa shape index (κ1) is 14.1. The highest BCUT2D eigenvalue weighted by Gasteiger charge is 2.22. The first-order chi connectivity index (χ1) is 8.89. The third-order valence-corrected chi connectivity index (χ3v) is 4.45. The minimum atomic E-state index is -3.74. The number of hydrogen-bond donors (Lipinski definition) is 0. The third-order valence-electron chi connectivity index (χ3n) is 2.90. The molecule has 0 saturated heterocycles. The predicted octanol–water partition coefficient (Wildman–Crippen LogP) is 1.71. The number of imidazole rings is 1. The molecule has 2 aromatic rings. The number of hydrogen-bond acceptors (Lipinski definition) is 4. The molecule has 0 aliphatic carbocycles. The fraction of sp³-hybridized carbons (Fsp3) is 0.455. The van der Waals surface area contributed by atoms with Gasteiger partial charge in [-0.25, -0.2) is 13.4 Å². The topological polar surface area (TPSA) is 69.8 Å². The molecule has 0 amide bonds. The molecular formula is C11H15ClN4O2S. The Morgan fingerprint density at radius 1 is 1.32 bits per heavy atom. The Morgan fingerprint density at radius 3 is 2.58 bits per heavy atom. The van der Waals surface area contributed by atoms with Crippen LogP contribution in [0.15, 0.2) is 23.6 Å². The van der Waals surface area contributed by atoms with Crippen LogP contribution in [0.1, 0.15) is 17.8 Å². The van der Waals surface area contributed by atoms with Crippen molar-refractivity contribution in [2.45, 2.75) is 38.3 Å². The summed E-state index contributed by atoms with van der Waals surface area (Å²) in [6, 6.07) is 0. The number of nitrogens with zero attached hydrogens (tertiary/aromatic N) is 4. The van der Waals surface area contributed by atoms with E-state index in [-0.39, 0.29) is 4.90 Å². The molecule has 0 aliphatic heterocycles. The van der Waals surface area contributed by atoms with Crippen molar-refractivity contribution in [3.8, 4) is 0 Å². The van der Waals surface area contributed by atoms with Crippen molar-refractivity contribution in [3.63, 3.8) is 0 Å². The molecule has 0 aliphatic rings. The van der Waals surface area contributed by atoms with Gasteiger partial charge in [-0.2, -0.15) is 5.10 Å². The van der Waals surface area contributed by atoms with Crippen molar-refractivity contribution in [2.75, 3.05) is 0 Å². The van der Waals surface area contributed by atoms with Crippen LogP contribution < -0.4 is 0 Å². The van der Waals surface area contributed by atoms with E-state index < -0.39 is 9.05 Å². The molecule has 0 bridgehead atoms. The summed E-state index contributed by atoms with van der Waals surface area (Å²) in [4.78, 5) is 4.08. The van der Waals surface area contributed by atoms with E-state index in [0.29, 0.717) is 17.9 Å². The normalized spacial score (nSPS) is 11.9. The molecule has 2 heterocycles. The van der Waals surface area contributed by atoms with Crippen molar-refractivity contribution < 1.29 is 8.42 Å². The van der Waals surface area contributed by atoms with Crippen LogP contribution >= 0.6 is 10.7 Å². The quantitative estimate of drug-likeness (QED) is 0.789. The summed E-state index contributed by atoms with van der Waals surface area (Å²) >= 11 is 0. The van der Waals surface area contributed by atoms with E-state index >= 15 is 0 Å². The highest BCUT2D eigenvalue weighted by Crippen LogP contribution is 2.23. The molecule has 0 aromatic carbocycles. The van der Waals surface area contributed by atoms with E-state index in [1.165, 1.54) is 0 Å². The molecule has 0 radical (unpaired) electrons. The minimum Gasteiger partial charge on any atom is -0.337 e. The number of aromatic nitrogens is 4. The SMILES string of the molecule is Cc1nn(CCCn2ccnc2)c(C)c1S(=O)(=O)Cl. The van der Waals surface area contributed by atoms with Crippen LogP contribution in [0.25, 0.3) is 0 Å². The zero-order chi connectivity index (χ0) is 14.0. The van der Waals surface area contributed by atoms with Gasteiger partial charge in [0, 0.05) is 36.2 Å². The maximum atomic E-state index is 11.4. The van der Waals surface area contributed by atoms with Crippen LogP contribution in [-0.4, -0.2) is 27.7 Å². The van der Waals surface area contributed by atoms with Gasteiger partial charge >= 0.3 is 0 Å². The Labute approximate surface area is 116 Å². The van der Waals surface area contributed by atoms with Gasteiger partial charge in [0.25, 0.3) is 9.05 Å². The summed E-state index contributed by atoms with van der Waals surface area (Å²) in [6.07, 6.45) is 6.19. The maximum Gasteiger partial charge on any atom is 0.264 e. The molecule has 19 heavy (non-hydrogen) atoms. The predicted molar refractivity (Wildman–Crippen MR) is 71.6 cm³/mol. The average Bonchev–Trinajstić information content (AvgIpc) is 2.87.